The van der Waals surface area contributed by atoms with E-state index in [-0.39, 0.29) is 11.6 Å². The number of aryl methyl sites for hydroxylation is 1. The summed E-state index contributed by atoms with van der Waals surface area (Å²) in [6.45, 7) is 1.49. The van der Waals surface area contributed by atoms with Gasteiger partial charge in [-0.05, 0) is 37.1 Å². The van der Waals surface area contributed by atoms with Gasteiger partial charge in [-0.2, -0.15) is 0 Å². The first-order valence-corrected chi connectivity index (χ1v) is 8.73. The van der Waals surface area contributed by atoms with Crippen molar-refractivity contribution in [1.82, 2.24) is 19.5 Å². The quantitative estimate of drug-likeness (QED) is 0.595. The summed E-state index contributed by atoms with van der Waals surface area (Å²) >= 11 is 0. The Hall–Kier alpha value is -3.09. The molecule has 3 aromatic rings. The molecular weight excluding hydrogens is 332 g/mol. The number of amides is 1. The number of aromatic nitrogens is 3. The molecule has 26 heavy (non-hydrogen) atoms. The lowest BCUT2D eigenvalue weighted by molar-refractivity contribution is -0.121. The van der Waals surface area contributed by atoms with Gasteiger partial charge in [-0.3, -0.25) is 9.20 Å². The molecule has 2 aromatic heterocycles. The summed E-state index contributed by atoms with van der Waals surface area (Å²) in [6.07, 6.45) is 3.42. The van der Waals surface area contributed by atoms with Crippen molar-refractivity contribution in [2.45, 2.75) is 25.8 Å². The lowest BCUT2D eigenvalue weighted by Gasteiger charge is -2.07. The highest BCUT2D eigenvalue weighted by atomic mass is 16.5. The fourth-order valence-corrected chi connectivity index (χ4v) is 2.60. The second kappa shape index (κ2) is 8.84. The number of nitrogens with zero attached hydrogens (tertiary/aromatic N) is 3. The Morgan fingerprint density at radius 3 is 2.69 bits per heavy atom. The van der Waals surface area contributed by atoms with Crippen LogP contribution >= 0.6 is 0 Å². The molecule has 0 fully saturated rings. The van der Waals surface area contributed by atoms with Gasteiger partial charge >= 0.3 is 5.69 Å². The lowest BCUT2D eigenvalue weighted by atomic mass is 10.3. The van der Waals surface area contributed by atoms with Crippen LogP contribution in [0.5, 0.6) is 5.75 Å². The third-order valence-electron chi connectivity index (χ3n) is 3.92. The molecule has 0 aliphatic heterocycles. The van der Waals surface area contributed by atoms with Gasteiger partial charge in [0.25, 0.3) is 0 Å². The average Bonchev–Trinajstić information content (AvgIpc) is 2.99. The van der Waals surface area contributed by atoms with E-state index < -0.39 is 0 Å². The van der Waals surface area contributed by atoms with Gasteiger partial charge in [-0.15, -0.1) is 5.10 Å². The molecule has 0 bridgehead atoms. The summed E-state index contributed by atoms with van der Waals surface area (Å²) in [5.74, 6) is 0.801. The highest BCUT2D eigenvalue weighted by Crippen LogP contribution is 2.08. The van der Waals surface area contributed by atoms with Crippen LogP contribution in [0.15, 0.2) is 59.5 Å². The van der Waals surface area contributed by atoms with E-state index in [1.807, 2.05) is 36.4 Å². The number of hydrogen-bond donors (Lipinski definition) is 1. The van der Waals surface area contributed by atoms with Crippen molar-refractivity contribution in [1.29, 1.82) is 0 Å². The smallest absolute Gasteiger partial charge is 0.350 e. The fourth-order valence-electron chi connectivity index (χ4n) is 2.60. The minimum absolute atomic E-state index is 0.0102. The monoisotopic (exact) mass is 354 g/mol. The average molecular weight is 354 g/mol. The molecule has 1 aromatic carbocycles. The van der Waals surface area contributed by atoms with Gasteiger partial charge in [0.15, 0.2) is 5.65 Å². The number of nitrogens with one attached hydrogen (secondary N) is 1. The van der Waals surface area contributed by atoms with Gasteiger partial charge in [0.1, 0.15) is 5.75 Å². The van der Waals surface area contributed by atoms with Crippen molar-refractivity contribution in [2.75, 3.05) is 13.2 Å². The van der Waals surface area contributed by atoms with Crippen molar-refractivity contribution < 1.29 is 9.53 Å². The number of benzene rings is 1. The van der Waals surface area contributed by atoms with Crippen LogP contribution in [0.3, 0.4) is 0 Å². The summed E-state index contributed by atoms with van der Waals surface area (Å²) in [4.78, 5) is 23.9. The van der Waals surface area contributed by atoms with Gasteiger partial charge in [-0.1, -0.05) is 24.3 Å². The molecule has 1 N–H and O–H groups in total. The van der Waals surface area contributed by atoms with Crippen molar-refractivity contribution >= 4 is 11.6 Å². The van der Waals surface area contributed by atoms with Gasteiger partial charge in [-0.25, -0.2) is 9.48 Å². The van der Waals surface area contributed by atoms with Crippen molar-refractivity contribution in [3.8, 4) is 5.75 Å². The molecule has 0 unspecified atom stereocenters. The van der Waals surface area contributed by atoms with E-state index in [4.69, 9.17) is 4.74 Å². The Morgan fingerprint density at radius 2 is 1.88 bits per heavy atom. The third kappa shape index (κ3) is 4.72. The minimum atomic E-state index is -0.162. The number of hydrogen-bond acceptors (Lipinski definition) is 4. The van der Waals surface area contributed by atoms with Crippen molar-refractivity contribution in [2.24, 2.45) is 0 Å². The summed E-state index contributed by atoms with van der Waals surface area (Å²) in [5.41, 5.74) is 0.463. The zero-order chi connectivity index (χ0) is 18.2. The summed E-state index contributed by atoms with van der Waals surface area (Å²) in [5, 5.41) is 7.12. The van der Waals surface area contributed by atoms with E-state index >= 15 is 0 Å². The standard InChI is InChI=1S/C19H22N4O3/c24-18(11-6-15-26-16-8-2-1-3-9-16)20-12-7-14-23-19(25)22-13-5-4-10-17(22)21-23/h1-5,8-10,13H,6-7,11-12,14-15H2,(H,20,24). The van der Waals surface area contributed by atoms with E-state index in [9.17, 15) is 9.59 Å². The van der Waals surface area contributed by atoms with Crippen LogP contribution in [0.25, 0.3) is 5.65 Å². The molecule has 1 amide bonds. The summed E-state index contributed by atoms with van der Waals surface area (Å²) in [6, 6.07) is 15.0. The highest BCUT2D eigenvalue weighted by Gasteiger charge is 2.06. The minimum Gasteiger partial charge on any atom is -0.494 e. The molecule has 0 aliphatic carbocycles. The van der Waals surface area contributed by atoms with E-state index in [0.29, 0.717) is 44.6 Å². The number of carbonyl (C=O) groups is 1. The first-order valence-electron chi connectivity index (χ1n) is 8.73. The Labute approximate surface area is 151 Å². The Morgan fingerprint density at radius 1 is 1.08 bits per heavy atom. The molecule has 0 radical (unpaired) electrons. The molecule has 0 saturated heterocycles. The van der Waals surface area contributed by atoms with Crippen LogP contribution in [0, 0.1) is 0 Å². The van der Waals surface area contributed by atoms with Crippen LogP contribution in [-0.4, -0.2) is 33.2 Å². The maximum atomic E-state index is 12.1. The van der Waals surface area contributed by atoms with Gasteiger partial charge < -0.3 is 10.1 Å². The predicted molar refractivity (Wildman–Crippen MR) is 98.2 cm³/mol. The highest BCUT2D eigenvalue weighted by molar-refractivity contribution is 5.75. The van der Waals surface area contributed by atoms with E-state index in [0.717, 1.165) is 5.75 Å². The fraction of sp³-hybridized carbons (Fsp3) is 0.316. The molecule has 3 rings (SSSR count). The van der Waals surface area contributed by atoms with E-state index in [2.05, 4.69) is 10.4 Å². The Kier molecular flexibility index (Phi) is 6.03. The molecule has 7 heteroatoms. The predicted octanol–water partition coefficient (Wildman–Crippen LogP) is 1.86. The zero-order valence-corrected chi connectivity index (χ0v) is 14.5. The number of pyridine rings is 1. The molecule has 0 aliphatic rings. The largest absolute Gasteiger partial charge is 0.494 e. The number of ether oxygens (including phenoxy) is 1. The zero-order valence-electron chi connectivity index (χ0n) is 14.5. The molecular formula is C19H22N4O3. The number of rotatable bonds is 9. The summed E-state index contributed by atoms with van der Waals surface area (Å²) in [7, 11) is 0. The van der Waals surface area contributed by atoms with Crippen LogP contribution < -0.4 is 15.7 Å². The first-order chi connectivity index (χ1) is 12.7. The molecule has 7 nitrogen and oxygen atoms in total. The maximum Gasteiger partial charge on any atom is 0.350 e. The van der Waals surface area contributed by atoms with Crippen molar-refractivity contribution in [3.63, 3.8) is 0 Å². The van der Waals surface area contributed by atoms with Gasteiger partial charge in [0.05, 0.1) is 6.61 Å². The van der Waals surface area contributed by atoms with Crippen LogP contribution in [0.2, 0.25) is 0 Å². The van der Waals surface area contributed by atoms with Gasteiger partial charge in [0.2, 0.25) is 5.91 Å². The van der Waals surface area contributed by atoms with Crippen LogP contribution in [0.4, 0.5) is 0 Å². The maximum absolute atomic E-state index is 12.1. The molecule has 0 atom stereocenters. The topological polar surface area (TPSA) is 77.6 Å². The van der Waals surface area contributed by atoms with Crippen molar-refractivity contribution in [3.05, 3.63) is 65.2 Å². The van der Waals surface area contributed by atoms with Crippen LogP contribution in [0.1, 0.15) is 19.3 Å². The third-order valence-corrected chi connectivity index (χ3v) is 3.92. The SMILES string of the molecule is O=C(CCCOc1ccccc1)NCCCn1nc2ccccn2c1=O. The van der Waals surface area contributed by atoms with Crippen LogP contribution in [-0.2, 0) is 11.3 Å². The van der Waals surface area contributed by atoms with E-state index in [1.165, 1.54) is 9.08 Å². The molecule has 0 spiro atoms. The number of carbonyl (C=O) groups excluding carboxylic acids is 1. The first kappa shape index (κ1) is 17.7. The Balaban J connectivity index is 1.32. The number of para-hydroxylation sites is 1. The molecule has 2 heterocycles. The Bertz CT molecular complexity index is 902. The molecule has 0 saturated carbocycles. The second-order valence-corrected chi connectivity index (χ2v) is 5.90. The van der Waals surface area contributed by atoms with Gasteiger partial charge in [0, 0.05) is 25.7 Å². The molecule has 136 valence electrons. The van der Waals surface area contributed by atoms with E-state index in [1.54, 1.807) is 18.3 Å². The lowest BCUT2D eigenvalue weighted by Crippen LogP contribution is -2.27. The summed E-state index contributed by atoms with van der Waals surface area (Å²) < 4.78 is 8.48. The number of fused-ring (bicyclic) bond motifs is 1. The second-order valence-electron chi connectivity index (χ2n) is 5.90. The normalized spacial score (nSPS) is 10.8.